The van der Waals surface area contributed by atoms with Gasteiger partial charge in [-0.15, -0.1) is 0 Å². The highest BCUT2D eigenvalue weighted by atomic mass is 19.1. The largest absolute Gasteiger partial charge is 0.317 e. The van der Waals surface area contributed by atoms with Crippen molar-refractivity contribution in [3.8, 4) is 0 Å². The zero-order valence-corrected chi connectivity index (χ0v) is 9.22. The number of benzene rings is 1. The maximum atomic E-state index is 13.7. The molecule has 1 N–H and O–H groups in total. The van der Waals surface area contributed by atoms with E-state index in [4.69, 9.17) is 0 Å². The molecular weight excluding hydrogens is 189 g/mol. The predicted octanol–water partition coefficient (Wildman–Crippen LogP) is 2.68. The number of hydrogen-bond acceptors (Lipinski definition) is 1. The topological polar surface area (TPSA) is 12.0 Å². The van der Waals surface area contributed by atoms with Crippen molar-refractivity contribution in [2.75, 3.05) is 13.1 Å². The first-order valence-electron chi connectivity index (χ1n) is 5.72. The molecule has 1 heterocycles. The molecule has 0 unspecified atom stereocenters. The van der Waals surface area contributed by atoms with Gasteiger partial charge in [0.15, 0.2) is 0 Å². The molecule has 0 amide bonds. The molecule has 0 aliphatic carbocycles. The highest BCUT2D eigenvalue weighted by molar-refractivity contribution is 5.25. The van der Waals surface area contributed by atoms with E-state index in [-0.39, 0.29) is 5.82 Å². The lowest BCUT2D eigenvalue weighted by atomic mass is 9.90. The number of aryl methyl sites for hydroxylation is 1. The van der Waals surface area contributed by atoms with Gasteiger partial charge in [0.2, 0.25) is 0 Å². The van der Waals surface area contributed by atoms with E-state index in [1.54, 1.807) is 0 Å². The Morgan fingerprint density at radius 3 is 2.80 bits per heavy atom. The molecule has 0 aromatic heterocycles. The number of hydrogen-bond donors (Lipinski definition) is 1. The second-order valence-electron chi connectivity index (χ2n) is 4.45. The van der Waals surface area contributed by atoms with Crippen LogP contribution in [0.2, 0.25) is 0 Å². The van der Waals surface area contributed by atoms with Crippen molar-refractivity contribution in [2.24, 2.45) is 5.92 Å². The molecule has 2 rings (SSSR count). The fraction of sp³-hybridized carbons (Fsp3) is 0.538. The van der Waals surface area contributed by atoms with E-state index < -0.39 is 0 Å². The third-order valence-electron chi connectivity index (χ3n) is 3.24. The monoisotopic (exact) mass is 207 g/mol. The van der Waals surface area contributed by atoms with Gasteiger partial charge in [-0.25, -0.2) is 4.39 Å². The van der Waals surface area contributed by atoms with E-state index >= 15 is 0 Å². The summed E-state index contributed by atoms with van der Waals surface area (Å²) < 4.78 is 13.7. The van der Waals surface area contributed by atoms with E-state index in [0.717, 1.165) is 30.6 Å². The van der Waals surface area contributed by atoms with Crippen molar-refractivity contribution >= 4 is 0 Å². The molecule has 1 fully saturated rings. The van der Waals surface area contributed by atoms with Gasteiger partial charge in [0.05, 0.1) is 0 Å². The average Bonchev–Trinajstić information content (AvgIpc) is 2.26. The molecule has 0 saturated carbocycles. The van der Waals surface area contributed by atoms with Crippen LogP contribution in [0.15, 0.2) is 18.2 Å². The van der Waals surface area contributed by atoms with Crippen LogP contribution in [0.5, 0.6) is 0 Å². The lowest BCUT2D eigenvalue weighted by Gasteiger charge is -2.22. The number of nitrogens with one attached hydrogen (secondary N) is 1. The third-order valence-corrected chi connectivity index (χ3v) is 3.24. The van der Waals surface area contributed by atoms with Crippen molar-refractivity contribution in [1.29, 1.82) is 0 Å². The van der Waals surface area contributed by atoms with Crippen LogP contribution < -0.4 is 5.32 Å². The Balaban J connectivity index is 2.06. The minimum atomic E-state index is -0.00367. The summed E-state index contributed by atoms with van der Waals surface area (Å²) >= 11 is 0. The molecule has 0 atom stereocenters. The summed E-state index contributed by atoms with van der Waals surface area (Å²) in [5.41, 5.74) is 1.66. The first-order valence-corrected chi connectivity index (χ1v) is 5.72. The third kappa shape index (κ3) is 2.57. The first kappa shape index (κ1) is 10.6. The van der Waals surface area contributed by atoms with Gasteiger partial charge < -0.3 is 5.32 Å². The zero-order chi connectivity index (χ0) is 10.7. The van der Waals surface area contributed by atoms with Gasteiger partial charge in [-0.2, -0.15) is 0 Å². The predicted molar refractivity (Wildman–Crippen MR) is 60.4 cm³/mol. The zero-order valence-electron chi connectivity index (χ0n) is 9.22. The van der Waals surface area contributed by atoms with Gasteiger partial charge in [-0.3, -0.25) is 0 Å². The molecule has 1 aromatic carbocycles. The fourth-order valence-electron chi connectivity index (χ4n) is 2.26. The van der Waals surface area contributed by atoms with Crippen LogP contribution in [0.1, 0.15) is 24.0 Å². The lowest BCUT2D eigenvalue weighted by molar-refractivity contribution is 0.368. The first-order chi connectivity index (χ1) is 7.27. The van der Waals surface area contributed by atoms with Crippen molar-refractivity contribution in [2.45, 2.75) is 26.2 Å². The summed E-state index contributed by atoms with van der Waals surface area (Å²) in [6, 6.07) is 5.71. The van der Waals surface area contributed by atoms with E-state index in [9.17, 15) is 4.39 Å². The Morgan fingerprint density at radius 2 is 2.07 bits per heavy atom. The maximum Gasteiger partial charge on any atom is 0.129 e. The van der Waals surface area contributed by atoms with Gasteiger partial charge in [-0.05, 0) is 56.3 Å². The Hall–Kier alpha value is -0.890. The van der Waals surface area contributed by atoms with Crippen molar-refractivity contribution < 1.29 is 4.39 Å². The van der Waals surface area contributed by atoms with Gasteiger partial charge in [0, 0.05) is 0 Å². The van der Waals surface area contributed by atoms with Crippen LogP contribution in [0.3, 0.4) is 0 Å². The Labute approximate surface area is 90.7 Å². The second-order valence-corrected chi connectivity index (χ2v) is 4.45. The minimum Gasteiger partial charge on any atom is -0.317 e. The standard InChI is InChI=1S/C13H18FN/c1-10-3-2-4-12(13(10)14)9-11-5-7-15-8-6-11/h2-4,11,15H,5-9H2,1H3. The van der Waals surface area contributed by atoms with Crippen molar-refractivity contribution in [3.63, 3.8) is 0 Å². The van der Waals surface area contributed by atoms with E-state index in [0.29, 0.717) is 5.92 Å². The second kappa shape index (κ2) is 4.75. The van der Waals surface area contributed by atoms with Crippen LogP contribution in [-0.2, 0) is 6.42 Å². The summed E-state index contributed by atoms with van der Waals surface area (Å²) in [6.07, 6.45) is 3.25. The van der Waals surface area contributed by atoms with Gasteiger partial charge in [-0.1, -0.05) is 18.2 Å². The molecule has 0 spiro atoms. The SMILES string of the molecule is Cc1cccc(CC2CCNCC2)c1F. The van der Waals surface area contributed by atoms with E-state index in [1.807, 2.05) is 25.1 Å². The molecule has 15 heavy (non-hydrogen) atoms. The Bertz CT molecular complexity index is 329. The maximum absolute atomic E-state index is 13.7. The molecule has 1 aliphatic rings. The van der Waals surface area contributed by atoms with E-state index in [1.165, 1.54) is 12.8 Å². The fourth-order valence-corrected chi connectivity index (χ4v) is 2.26. The molecule has 2 heteroatoms. The summed E-state index contributed by atoms with van der Waals surface area (Å²) in [6.45, 7) is 4.00. The molecule has 1 nitrogen and oxygen atoms in total. The minimum absolute atomic E-state index is 0.00367. The highest BCUT2D eigenvalue weighted by Crippen LogP contribution is 2.21. The lowest BCUT2D eigenvalue weighted by Crippen LogP contribution is -2.28. The average molecular weight is 207 g/mol. The normalized spacial score (nSPS) is 18.0. The molecule has 1 aliphatic heterocycles. The van der Waals surface area contributed by atoms with Crippen LogP contribution in [0, 0.1) is 18.7 Å². The number of piperidine rings is 1. The van der Waals surface area contributed by atoms with Crippen LogP contribution in [0.25, 0.3) is 0 Å². The summed E-state index contributed by atoms with van der Waals surface area (Å²) in [7, 11) is 0. The van der Waals surface area contributed by atoms with Crippen LogP contribution >= 0.6 is 0 Å². The molecule has 82 valence electrons. The summed E-state index contributed by atoms with van der Waals surface area (Å²) in [4.78, 5) is 0. The quantitative estimate of drug-likeness (QED) is 0.786. The van der Waals surface area contributed by atoms with Gasteiger partial charge >= 0.3 is 0 Å². The Kier molecular flexibility index (Phi) is 3.37. The summed E-state index contributed by atoms with van der Waals surface area (Å²) in [5.74, 6) is 0.651. The number of rotatable bonds is 2. The number of halogens is 1. The molecule has 1 saturated heterocycles. The highest BCUT2D eigenvalue weighted by Gasteiger charge is 2.15. The van der Waals surface area contributed by atoms with Crippen LogP contribution in [-0.4, -0.2) is 13.1 Å². The van der Waals surface area contributed by atoms with Crippen molar-refractivity contribution in [3.05, 3.63) is 35.1 Å². The summed E-state index contributed by atoms with van der Waals surface area (Å²) in [5, 5.41) is 3.33. The smallest absolute Gasteiger partial charge is 0.129 e. The van der Waals surface area contributed by atoms with Gasteiger partial charge in [0.1, 0.15) is 5.82 Å². The molecule has 0 bridgehead atoms. The molecule has 0 radical (unpaired) electrons. The molecule has 1 aromatic rings. The Morgan fingerprint density at radius 1 is 1.33 bits per heavy atom. The van der Waals surface area contributed by atoms with E-state index in [2.05, 4.69) is 5.32 Å². The molecular formula is C13H18FN. The van der Waals surface area contributed by atoms with Gasteiger partial charge in [0.25, 0.3) is 0 Å². The van der Waals surface area contributed by atoms with Crippen LogP contribution in [0.4, 0.5) is 4.39 Å². The van der Waals surface area contributed by atoms with Crippen molar-refractivity contribution in [1.82, 2.24) is 5.32 Å².